The van der Waals surface area contributed by atoms with Gasteiger partial charge in [0.2, 0.25) is 0 Å². The molecule has 0 aliphatic rings. The van der Waals surface area contributed by atoms with Crippen LogP contribution < -0.4 is 4.74 Å². The number of carboxylic acid groups (broad SMARTS) is 1. The number of aryl methyl sites for hydroxylation is 2. The van der Waals surface area contributed by atoms with Crippen molar-refractivity contribution in [2.24, 2.45) is 0 Å². The van der Waals surface area contributed by atoms with Crippen LogP contribution in [0.1, 0.15) is 27.2 Å². The highest BCUT2D eigenvalue weighted by Crippen LogP contribution is 2.18. The van der Waals surface area contributed by atoms with E-state index in [1.54, 1.807) is 12.1 Å². The van der Waals surface area contributed by atoms with E-state index in [-0.39, 0.29) is 12.3 Å². The van der Waals surface area contributed by atoms with Crippen molar-refractivity contribution in [1.29, 1.82) is 0 Å². The van der Waals surface area contributed by atoms with Gasteiger partial charge < -0.3 is 9.84 Å². The first kappa shape index (κ1) is 13.1. The Bertz CT molecular complexity index is 588. The van der Waals surface area contributed by atoms with Gasteiger partial charge in [0.15, 0.2) is 5.69 Å². The van der Waals surface area contributed by atoms with Crippen molar-refractivity contribution in [3.63, 3.8) is 0 Å². The summed E-state index contributed by atoms with van der Waals surface area (Å²) in [5, 5.41) is 9.03. The summed E-state index contributed by atoms with van der Waals surface area (Å²) in [7, 11) is 0. The molecule has 1 aromatic carbocycles. The van der Waals surface area contributed by atoms with E-state index in [0.29, 0.717) is 5.56 Å². The van der Waals surface area contributed by atoms with Gasteiger partial charge in [0.25, 0.3) is 0 Å². The van der Waals surface area contributed by atoms with E-state index in [9.17, 15) is 4.79 Å². The maximum Gasteiger partial charge on any atom is 0.354 e. The summed E-state index contributed by atoms with van der Waals surface area (Å²) < 4.78 is 5.64. The number of carbonyl (C=O) groups is 1. The first-order chi connectivity index (χ1) is 9.06. The number of aromatic carboxylic acids is 1. The van der Waals surface area contributed by atoms with Crippen LogP contribution in [0.5, 0.6) is 5.75 Å². The summed E-state index contributed by atoms with van der Waals surface area (Å²) in [5.74, 6) is -0.308. The van der Waals surface area contributed by atoms with Crippen LogP contribution in [0.25, 0.3) is 0 Å². The summed E-state index contributed by atoms with van der Waals surface area (Å²) >= 11 is 0. The molecular weight excluding hydrogens is 242 g/mol. The van der Waals surface area contributed by atoms with Crippen molar-refractivity contribution in [3.05, 3.63) is 58.9 Å². The topological polar surface area (TPSA) is 59.4 Å². The van der Waals surface area contributed by atoms with Crippen LogP contribution in [-0.2, 0) is 6.61 Å². The fraction of sp³-hybridized carbons (Fsp3) is 0.200. The third kappa shape index (κ3) is 3.31. The van der Waals surface area contributed by atoms with Crippen molar-refractivity contribution in [2.45, 2.75) is 20.5 Å². The fourth-order valence-corrected chi connectivity index (χ4v) is 1.92. The van der Waals surface area contributed by atoms with Crippen LogP contribution in [-0.4, -0.2) is 16.1 Å². The van der Waals surface area contributed by atoms with E-state index in [4.69, 9.17) is 9.84 Å². The molecule has 1 heterocycles. The zero-order chi connectivity index (χ0) is 13.8. The molecule has 19 heavy (non-hydrogen) atoms. The molecule has 0 fully saturated rings. The van der Waals surface area contributed by atoms with Crippen LogP contribution in [0.3, 0.4) is 0 Å². The largest absolute Gasteiger partial charge is 0.489 e. The average molecular weight is 257 g/mol. The maximum atomic E-state index is 11.0. The van der Waals surface area contributed by atoms with Crippen LogP contribution in [0.2, 0.25) is 0 Å². The second-order valence-electron chi connectivity index (χ2n) is 4.43. The third-order valence-corrected chi connectivity index (χ3v) is 2.68. The van der Waals surface area contributed by atoms with Crippen LogP contribution in [0.15, 0.2) is 36.5 Å². The Morgan fingerprint density at radius 3 is 2.58 bits per heavy atom. The minimum absolute atomic E-state index is 0.0341. The van der Waals surface area contributed by atoms with Gasteiger partial charge in [-0.05, 0) is 43.2 Å². The lowest BCUT2D eigenvalue weighted by Gasteiger charge is -2.09. The van der Waals surface area contributed by atoms with Crippen LogP contribution in [0, 0.1) is 13.8 Å². The van der Waals surface area contributed by atoms with Gasteiger partial charge in [0, 0.05) is 11.8 Å². The molecule has 0 atom stereocenters. The smallest absolute Gasteiger partial charge is 0.354 e. The fourth-order valence-electron chi connectivity index (χ4n) is 1.92. The molecule has 0 saturated carbocycles. The van der Waals surface area contributed by atoms with E-state index in [1.165, 1.54) is 6.20 Å². The van der Waals surface area contributed by atoms with Gasteiger partial charge in [-0.1, -0.05) is 12.1 Å². The van der Waals surface area contributed by atoms with Crippen molar-refractivity contribution in [1.82, 2.24) is 4.98 Å². The molecule has 0 spiro atoms. The quantitative estimate of drug-likeness (QED) is 0.914. The zero-order valence-corrected chi connectivity index (χ0v) is 10.9. The second kappa shape index (κ2) is 5.52. The third-order valence-electron chi connectivity index (χ3n) is 2.68. The molecule has 4 nitrogen and oxygen atoms in total. The average Bonchev–Trinajstić information content (AvgIpc) is 2.35. The predicted molar refractivity (Wildman–Crippen MR) is 71.4 cm³/mol. The molecule has 1 N–H and O–H groups in total. The highest BCUT2D eigenvalue weighted by molar-refractivity contribution is 5.86. The Balaban J connectivity index is 2.16. The summed E-state index contributed by atoms with van der Waals surface area (Å²) in [4.78, 5) is 14.9. The lowest BCUT2D eigenvalue weighted by Crippen LogP contribution is -2.08. The predicted octanol–water partition coefficient (Wildman–Crippen LogP) is 2.98. The second-order valence-corrected chi connectivity index (χ2v) is 4.43. The number of aromatic nitrogens is 1. The summed E-state index contributed by atoms with van der Waals surface area (Å²) in [5.41, 5.74) is 2.82. The highest BCUT2D eigenvalue weighted by atomic mass is 16.5. The molecule has 0 bridgehead atoms. The standard InChI is InChI=1S/C15H15NO3/c1-10-6-11(2)8-13(7-10)19-9-12-4-3-5-16-14(12)15(17)18/h3-8H,9H2,1-2H3,(H,17,18). The molecule has 98 valence electrons. The Kier molecular flexibility index (Phi) is 3.80. The number of benzene rings is 1. The molecule has 0 aliphatic heterocycles. The molecule has 0 radical (unpaired) electrons. The summed E-state index contributed by atoms with van der Waals surface area (Å²) in [6.45, 7) is 4.18. The lowest BCUT2D eigenvalue weighted by atomic mass is 10.1. The minimum atomic E-state index is -1.04. The normalized spacial score (nSPS) is 10.2. The van der Waals surface area contributed by atoms with Gasteiger partial charge in [-0.2, -0.15) is 0 Å². The van der Waals surface area contributed by atoms with Crippen molar-refractivity contribution in [2.75, 3.05) is 0 Å². The highest BCUT2D eigenvalue weighted by Gasteiger charge is 2.11. The number of hydrogen-bond donors (Lipinski definition) is 1. The molecule has 0 saturated heterocycles. The van der Waals surface area contributed by atoms with E-state index < -0.39 is 5.97 Å². The van der Waals surface area contributed by atoms with Crippen LogP contribution >= 0.6 is 0 Å². The first-order valence-corrected chi connectivity index (χ1v) is 5.94. The van der Waals surface area contributed by atoms with Gasteiger partial charge in [-0.15, -0.1) is 0 Å². The lowest BCUT2D eigenvalue weighted by molar-refractivity contribution is 0.0687. The first-order valence-electron chi connectivity index (χ1n) is 5.94. The minimum Gasteiger partial charge on any atom is -0.489 e. The zero-order valence-electron chi connectivity index (χ0n) is 10.9. The van der Waals surface area contributed by atoms with Gasteiger partial charge >= 0.3 is 5.97 Å². The summed E-state index contributed by atoms with van der Waals surface area (Å²) in [6.07, 6.45) is 1.46. The Labute approximate surface area is 111 Å². The van der Waals surface area contributed by atoms with E-state index >= 15 is 0 Å². The number of carboxylic acids is 1. The molecular formula is C15H15NO3. The van der Waals surface area contributed by atoms with Gasteiger partial charge in [-0.3, -0.25) is 0 Å². The Morgan fingerprint density at radius 1 is 1.26 bits per heavy atom. The van der Waals surface area contributed by atoms with Crippen LogP contribution in [0.4, 0.5) is 0 Å². The van der Waals surface area contributed by atoms with E-state index in [1.807, 2.05) is 26.0 Å². The Hall–Kier alpha value is -2.36. The SMILES string of the molecule is Cc1cc(C)cc(OCc2cccnc2C(=O)O)c1. The number of ether oxygens (including phenoxy) is 1. The van der Waals surface area contributed by atoms with Crippen molar-refractivity contribution in [3.8, 4) is 5.75 Å². The number of pyridine rings is 1. The van der Waals surface area contributed by atoms with Gasteiger partial charge in [0.05, 0.1) is 0 Å². The molecule has 2 aromatic rings. The molecule has 2 rings (SSSR count). The molecule has 0 amide bonds. The molecule has 0 unspecified atom stereocenters. The van der Waals surface area contributed by atoms with E-state index in [2.05, 4.69) is 11.1 Å². The molecule has 4 heteroatoms. The number of nitrogens with zero attached hydrogens (tertiary/aromatic N) is 1. The monoisotopic (exact) mass is 257 g/mol. The van der Waals surface area contributed by atoms with Crippen molar-refractivity contribution < 1.29 is 14.6 Å². The Morgan fingerprint density at radius 2 is 1.95 bits per heavy atom. The maximum absolute atomic E-state index is 11.0. The molecule has 0 aliphatic carbocycles. The van der Waals surface area contributed by atoms with Crippen molar-refractivity contribution >= 4 is 5.97 Å². The number of rotatable bonds is 4. The number of hydrogen-bond acceptors (Lipinski definition) is 3. The molecule has 1 aromatic heterocycles. The van der Waals surface area contributed by atoms with Gasteiger partial charge in [-0.25, -0.2) is 9.78 Å². The van der Waals surface area contributed by atoms with E-state index in [0.717, 1.165) is 16.9 Å². The van der Waals surface area contributed by atoms with Gasteiger partial charge in [0.1, 0.15) is 12.4 Å². The summed E-state index contributed by atoms with van der Waals surface area (Å²) in [6, 6.07) is 9.30.